The molecule has 1 aliphatic carbocycles. The zero-order valence-corrected chi connectivity index (χ0v) is 15.4. The van der Waals surface area contributed by atoms with Crippen molar-refractivity contribution in [1.29, 1.82) is 5.26 Å². The molecule has 2 aromatic carbocycles. The van der Waals surface area contributed by atoms with Crippen molar-refractivity contribution in [2.45, 2.75) is 44.4 Å². The molecule has 1 heterocycles. The first-order chi connectivity index (χ1) is 12.8. The van der Waals surface area contributed by atoms with Gasteiger partial charge in [0.25, 0.3) is 0 Å². The molecule has 2 aliphatic rings. The third-order valence-corrected chi connectivity index (χ3v) is 6.08. The number of benzene rings is 2. The monoisotopic (exact) mass is 346 g/mol. The minimum atomic E-state index is -0.283. The average Bonchev–Trinajstić information content (AvgIpc) is 2.82. The molecule has 2 bridgehead atoms. The van der Waals surface area contributed by atoms with Gasteiger partial charge in [0.1, 0.15) is 5.60 Å². The van der Waals surface area contributed by atoms with E-state index in [1.807, 2.05) is 18.2 Å². The first kappa shape index (κ1) is 17.3. The second-order valence-corrected chi connectivity index (χ2v) is 7.48. The Morgan fingerprint density at radius 2 is 2.00 bits per heavy atom. The minimum absolute atomic E-state index is 0.283. The first-order valence-electron chi connectivity index (χ1n) is 9.70. The van der Waals surface area contributed by atoms with Crippen molar-refractivity contribution in [3.05, 3.63) is 71.3 Å². The Balaban J connectivity index is 1.73. The molecular weight excluding hydrogens is 320 g/mol. The van der Waals surface area contributed by atoms with Crippen LogP contribution in [0.15, 0.2) is 54.6 Å². The van der Waals surface area contributed by atoms with Gasteiger partial charge in [-0.25, -0.2) is 0 Å². The van der Waals surface area contributed by atoms with Gasteiger partial charge in [0, 0.05) is 31.7 Å². The van der Waals surface area contributed by atoms with Gasteiger partial charge in [-0.15, -0.1) is 0 Å². The average molecular weight is 346 g/mol. The zero-order chi connectivity index (χ0) is 18.0. The molecule has 2 fully saturated rings. The van der Waals surface area contributed by atoms with Gasteiger partial charge in [0.2, 0.25) is 0 Å². The number of likely N-dealkylation sites (tertiary alicyclic amines) is 1. The fourth-order valence-electron chi connectivity index (χ4n) is 5.14. The molecule has 3 heteroatoms. The van der Waals surface area contributed by atoms with Crippen molar-refractivity contribution in [3.63, 3.8) is 0 Å². The van der Waals surface area contributed by atoms with Crippen LogP contribution < -0.4 is 0 Å². The lowest BCUT2D eigenvalue weighted by Crippen LogP contribution is -2.49. The standard InChI is InChI=1S/C23H26N2O/c1-2-26-23(20-11-6-10-19(14-20)15-24)21-12-7-13-22(23)25(17-21)16-18-8-4-3-5-9-18/h3-6,8-11,14,21-22H,2,7,12-13,16-17H2,1H3. The largest absolute Gasteiger partial charge is 0.369 e. The van der Waals surface area contributed by atoms with Gasteiger partial charge >= 0.3 is 0 Å². The van der Waals surface area contributed by atoms with Crippen LogP contribution in [0.5, 0.6) is 0 Å². The van der Waals surface area contributed by atoms with Crippen LogP contribution in [0.1, 0.15) is 42.9 Å². The number of nitriles is 1. The van der Waals surface area contributed by atoms with Crippen molar-refractivity contribution in [3.8, 4) is 6.07 Å². The quantitative estimate of drug-likeness (QED) is 0.801. The summed E-state index contributed by atoms with van der Waals surface area (Å²) in [6.45, 7) is 4.82. The van der Waals surface area contributed by atoms with Crippen LogP contribution >= 0.6 is 0 Å². The number of nitrogens with zero attached hydrogens (tertiary/aromatic N) is 2. The van der Waals surface area contributed by atoms with Gasteiger partial charge < -0.3 is 4.74 Å². The molecule has 1 aliphatic heterocycles. The van der Waals surface area contributed by atoms with E-state index in [2.05, 4.69) is 54.3 Å². The van der Waals surface area contributed by atoms with Gasteiger partial charge in [-0.05, 0) is 43.0 Å². The molecule has 4 rings (SSSR count). The topological polar surface area (TPSA) is 36.3 Å². The molecule has 3 atom stereocenters. The Bertz CT molecular complexity index is 797. The molecule has 3 nitrogen and oxygen atoms in total. The van der Waals surface area contributed by atoms with Crippen LogP contribution in [-0.2, 0) is 16.9 Å². The SMILES string of the molecule is CCOC1(c2cccc(C#N)c2)C2CCCC1N(Cc1ccccc1)C2. The third kappa shape index (κ3) is 2.84. The predicted octanol–water partition coefficient (Wildman–Crippen LogP) is 4.47. The lowest BCUT2D eigenvalue weighted by molar-refractivity contribution is -0.110. The molecule has 0 amide bonds. The normalized spacial score (nSPS) is 28.0. The molecular formula is C23H26N2O. The summed E-state index contributed by atoms with van der Waals surface area (Å²) in [5, 5.41) is 9.37. The summed E-state index contributed by atoms with van der Waals surface area (Å²) < 4.78 is 6.56. The van der Waals surface area contributed by atoms with Crippen molar-refractivity contribution in [2.75, 3.05) is 13.2 Å². The summed E-state index contributed by atoms with van der Waals surface area (Å²) in [4.78, 5) is 2.61. The Morgan fingerprint density at radius 3 is 2.77 bits per heavy atom. The lowest BCUT2D eigenvalue weighted by atomic mass is 9.71. The number of hydrogen-bond acceptors (Lipinski definition) is 3. The van der Waals surface area contributed by atoms with Gasteiger partial charge in [-0.1, -0.05) is 48.9 Å². The van der Waals surface area contributed by atoms with Gasteiger partial charge in [0.05, 0.1) is 11.6 Å². The fourth-order valence-corrected chi connectivity index (χ4v) is 5.14. The van der Waals surface area contributed by atoms with Gasteiger partial charge in [0.15, 0.2) is 0 Å². The van der Waals surface area contributed by atoms with Gasteiger partial charge in [-0.2, -0.15) is 5.26 Å². The van der Waals surface area contributed by atoms with Crippen molar-refractivity contribution < 1.29 is 4.74 Å². The molecule has 134 valence electrons. The Labute approximate surface area is 156 Å². The maximum absolute atomic E-state index is 9.37. The van der Waals surface area contributed by atoms with E-state index in [9.17, 15) is 5.26 Å². The van der Waals surface area contributed by atoms with E-state index < -0.39 is 0 Å². The Hall–Kier alpha value is -2.15. The van der Waals surface area contributed by atoms with Crippen molar-refractivity contribution in [2.24, 2.45) is 5.92 Å². The van der Waals surface area contributed by atoms with Gasteiger partial charge in [-0.3, -0.25) is 4.90 Å². The van der Waals surface area contributed by atoms with Crippen molar-refractivity contribution in [1.82, 2.24) is 4.90 Å². The van der Waals surface area contributed by atoms with Crippen LogP contribution in [0.4, 0.5) is 0 Å². The van der Waals surface area contributed by atoms with E-state index in [0.29, 0.717) is 18.6 Å². The fraction of sp³-hybridized carbons (Fsp3) is 0.435. The lowest BCUT2D eigenvalue weighted by Gasteiger charge is -2.44. The highest BCUT2D eigenvalue weighted by Crippen LogP contribution is 2.52. The molecule has 0 aromatic heterocycles. The number of rotatable bonds is 5. The molecule has 1 saturated carbocycles. The Kier molecular flexibility index (Phi) is 4.80. The summed E-state index contributed by atoms with van der Waals surface area (Å²) in [5.41, 5.74) is 2.98. The van der Waals surface area contributed by atoms with E-state index in [1.165, 1.54) is 24.0 Å². The van der Waals surface area contributed by atoms with Crippen LogP contribution in [-0.4, -0.2) is 24.1 Å². The molecule has 1 saturated heterocycles. The highest BCUT2D eigenvalue weighted by Gasteiger charge is 2.57. The Morgan fingerprint density at radius 1 is 1.15 bits per heavy atom. The number of ether oxygens (including phenoxy) is 1. The van der Waals surface area contributed by atoms with E-state index >= 15 is 0 Å². The van der Waals surface area contributed by atoms with Crippen LogP contribution in [0.3, 0.4) is 0 Å². The molecule has 26 heavy (non-hydrogen) atoms. The maximum Gasteiger partial charge on any atom is 0.113 e. The minimum Gasteiger partial charge on any atom is -0.369 e. The second-order valence-electron chi connectivity index (χ2n) is 7.48. The smallest absolute Gasteiger partial charge is 0.113 e. The second kappa shape index (κ2) is 7.23. The number of hydrogen-bond donors (Lipinski definition) is 0. The third-order valence-electron chi connectivity index (χ3n) is 6.08. The van der Waals surface area contributed by atoms with E-state index in [4.69, 9.17) is 4.74 Å². The van der Waals surface area contributed by atoms with E-state index in [0.717, 1.165) is 25.1 Å². The molecule has 0 N–H and O–H groups in total. The van der Waals surface area contributed by atoms with E-state index in [-0.39, 0.29) is 5.60 Å². The highest BCUT2D eigenvalue weighted by molar-refractivity contribution is 5.38. The predicted molar refractivity (Wildman–Crippen MR) is 102 cm³/mol. The van der Waals surface area contributed by atoms with Crippen molar-refractivity contribution >= 4 is 0 Å². The molecule has 3 unspecified atom stereocenters. The maximum atomic E-state index is 9.37. The highest BCUT2D eigenvalue weighted by atomic mass is 16.5. The summed E-state index contributed by atoms with van der Waals surface area (Å²) in [5.74, 6) is 0.485. The van der Waals surface area contributed by atoms with E-state index in [1.54, 1.807) is 0 Å². The summed E-state index contributed by atoms with van der Waals surface area (Å²) >= 11 is 0. The molecule has 0 radical (unpaired) electrons. The number of fused-ring (bicyclic) bond motifs is 2. The summed E-state index contributed by atoms with van der Waals surface area (Å²) in [6.07, 6.45) is 3.60. The van der Waals surface area contributed by atoms with Crippen LogP contribution in [0.2, 0.25) is 0 Å². The summed E-state index contributed by atoms with van der Waals surface area (Å²) in [7, 11) is 0. The van der Waals surface area contributed by atoms with Crippen LogP contribution in [0.25, 0.3) is 0 Å². The first-order valence-corrected chi connectivity index (χ1v) is 9.70. The summed E-state index contributed by atoms with van der Waals surface area (Å²) in [6, 6.07) is 21.5. The molecule has 2 aromatic rings. The molecule has 0 spiro atoms. The zero-order valence-electron chi connectivity index (χ0n) is 15.4. The van der Waals surface area contributed by atoms with Crippen LogP contribution in [0, 0.1) is 17.2 Å².